The molecule has 2 N–H and O–H groups in total. The monoisotopic (exact) mass is 245 g/mol. The first-order valence-corrected chi connectivity index (χ1v) is 6.70. The summed E-state index contributed by atoms with van der Waals surface area (Å²) in [5, 5.41) is 2.10. The van der Waals surface area contributed by atoms with Gasteiger partial charge in [-0.05, 0) is 35.6 Å². The zero-order valence-corrected chi connectivity index (χ0v) is 10.6. The van der Waals surface area contributed by atoms with Crippen molar-refractivity contribution in [2.45, 2.75) is 19.4 Å². The molecule has 0 bridgehead atoms. The molecule has 2 nitrogen and oxygen atoms in total. The predicted octanol–water partition coefficient (Wildman–Crippen LogP) is 2.99. The summed E-state index contributed by atoms with van der Waals surface area (Å²) in [5.74, 6) is 1.04. The van der Waals surface area contributed by atoms with Crippen molar-refractivity contribution >= 4 is 11.3 Å². The van der Waals surface area contributed by atoms with Gasteiger partial charge in [0, 0.05) is 23.4 Å². The molecule has 1 aliphatic heterocycles. The Bertz CT molecular complexity index is 533. The van der Waals surface area contributed by atoms with Gasteiger partial charge in [0.2, 0.25) is 0 Å². The van der Waals surface area contributed by atoms with Crippen LogP contribution in [0.3, 0.4) is 0 Å². The van der Waals surface area contributed by atoms with Crippen molar-refractivity contribution < 1.29 is 4.74 Å². The summed E-state index contributed by atoms with van der Waals surface area (Å²) in [6, 6.07) is 8.62. The zero-order chi connectivity index (χ0) is 11.8. The number of aryl methyl sites for hydroxylation is 1. The summed E-state index contributed by atoms with van der Waals surface area (Å²) in [4.78, 5) is 1.27. The van der Waals surface area contributed by atoms with Crippen LogP contribution in [0.4, 0.5) is 0 Å². The van der Waals surface area contributed by atoms with Gasteiger partial charge in [-0.3, -0.25) is 0 Å². The molecular weight excluding hydrogens is 230 g/mol. The number of ether oxygens (including phenoxy) is 1. The largest absolute Gasteiger partial charge is 0.488 e. The van der Waals surface area contributed by atoms with Gasteiger partial charge in [0.1, 0.15) is 11.9 Å². The third-order valence-corrected chi connectivity index (χ3v) is 3.99. The molecule has 0 aliphatic carbocycles. The van der Waals surface area contributed by atoms with Gasteiger partial charge < -0.3 is 10.5 Å². The molecule has 0 spiro atoms. The van der Waals surface area contributed by atoms with Crippen molar-refractivity contribution in [1.82, 2.24) is 0 Å². The first kappa shape index (κ1) is 10.8. The standard InChI is InChI=1S/C14H15NOS/c1-9-5-10-7-11(8-15)16-14(10)12(6-9)13-3-2-4-17-13/h2-6,11H,7-8,15H2,1H3/t11-/m1/s1. The number of nitrogens with two attached hydrogens (primary N) is 1. The maximum absolute atomic E-state index is 5.95. The predicted molar refractivity (Wildman–Crippen MR) is 71.7 cm³/mol. The fourth-order valence-corrected chi connectivity index (χ4v) is 3.08. The van der Waals surface area contributed by atoms with Crippen molar-refractivity contribution in [3.63, 3.8) is 0 Å². The van der Waals surface area contributed by atoms with Crippen molar-refractivity contribution in [2.75, 3.05) is 6.54 Å². The summed E-state index contributed by atoms with van der Waals surface area (Å²) in [6.07, 6.45) is 1.08. The van der Waals surface area contributed by atoms with E-state index in [2.05, 4.69) is 36.6 Å². The summed E-state index contributed by atoms with van der Waals surface area (Å²) >= 11 is 1.75. The van der Waals surface area contributed by atoms with E-state index in [0.29, 0.717) is 6.54 Å². The SMILES string of the molecule is Cc1cc2c(c(-c3cccs3)c1)O[C@@H](CN)C2. The van der Waals surface area contributed by atoms with Crippen LogP contribution in [0.2, 0.25) is 0 Å². The van der Waals surface area contributed by atoms with Crippen molar-refractivity contribution in [2.24, 2.45) is 5.73 Å². The number of thiophene rings is 1. The minimum atomic E-state index is 0.144. The molecule has 2 heterocycles. The van der Waals surface area contributed by atoms with Crippen LogP contribution in [0.5, 0.6) is 5.75 Å². The molecule has 1 aromatic heterocycles. The van der Waals surface area contributed by atoms with Gasteiger partial charge in [-0.15, -0.1) is 11.3 Å². The number of hydrogen-bond donors (Lipinski definition) is 1. The second kappa shape index (κ2) is 4.17. The van der Waals surface area contributed by atoms with Crippen molar-refractivity contribution in [3.05, 3.63) is 40.8 Å². The maximum atomic E-state index is 5.95. The van der Waals surface area contributed by atoms with Crippen LogP contribution in [0, 0.1) is 6.92 Å². The molecule has 0 unspecified atom stereocenters. The van der Waals surface area contributed by atoms with Crippen LogP contribution in [-0.2, 0) is 6.42 Å². The molecule has 88 valence electrons. The molecular formula is C14H15NOS. The Morgan fingerprint density at radius 3 is 3.06 bits per heavy atom. The van der Waals surface area contributed by atoms with E-state index in [1.807, 2.05) is 0 Å². The molecule has 2 aromatic rings. The number of rotatable bonds is 2. The van der Waals surface area contributed by atoms with Crippen LogP contribution >= 0.6 is 11.3 Å². The molecule has 1 atom stereocenters. The Kier molecular flexibility index (Phi) is 2.65. The lowest BCUT2D eigenvalue weighted by Gasteiger charge is -2.10. The van der Waals surface area contributed by atoms with E-state index >= 15 is 0 Å². The van der Waals surface area contributed by atoms with Gasteiger partial charge in [-0.25, -0.2) is 0 Å². The molecule has 3 rings (SSSR count). The normalized spacial score (nSPS) is 17.9. The van der Waals surface area contributed by atoms with E-state index in [1.54, 1.807) is 11.3 Å². The van der Waals surface area contributed by atoms with Crippen LogP contribution < -0.4 is 10.5 Å². The second-order valence-electron chi connectivity index (χ2n) is 4.46. The summed E-state index contributed by atoms with van der Waals surface area (Å²) in [6.45, 7) is 2.71. The third-order valence-electron chi connectivity index (χ3n) is 3.09. The lowest BCUT2D eigenvalue weighted by atomic mass is 10.0. The van der Waals surface area contributed by atoms with Gasteiger partial charge in [-0.1, -0.05) is 12.1 Å². The van der Waals surface area contributed by atoms with Gasteiger partial charge >= 0.3 is 0 Å². The van der Waals surface area contributed by atoms with Gasteiger partial charge in [-0.2, -0.15) is 0 Å². The minimum absolute atomic E-state index is 0.144. The Morgan fingerprint density at radius 1 is 1.47 bits per heavy atom. The molecule has 1 aromatic carbocycles. The molecule has 3 heteroatoms. The van der Waals surface area contributed by atoms with Crippen LogP contribution in [0.25, 0.3) is 10.4 Å². The summed E-state index contributed by atoms with van der Waals surface area (Å²) in [7, 11) is 0. The highest BCUT2D eigenvalue weighted by molar-refractivity contribution is 7.13. The Balaban J connectivity index is 2.12. The molecule has 0 radical (unpaired) electrons. The van der Waals surface area contributed by atoms with Crippen LogP contribution in [0.1, 0.15) is 11.1 Å². The Hall–Kier alpha value is -1.32. The first-order chi connectivity index (χ1) is 8.28. The zero-order valence-electron chi connectivity index (χ0n) is 9.77. The fourth-order valence-electron chi connectivity index (χ4n) is 2.34. The smallest absolute Gasteiger partial charge is 0.131 e. The van der Waals surface area contributed by atoms with Crippen LogP contribution in [0.15, 0.2) is 29.6 Å². The summed E-state index contributed by atoms with van der Waals surface area (Å²) < 4.78 is 5.95. The minimum Gasteiger partial charge on any atom is -0.488 e. The average Bonchev–Trinajstić information content (AvgIpc) is 2.96. The second-order valence-corrected chi connectivity index (χ2v) is 5.41. The molecule has 0 saturated carbocycles. The van der Waals surface area contributed by atoms with E-state index in [4.69, 9.17) is 10.5 Å². The number of hydrogen-bond acceptors (Lipinski definition) is 3. The highest BCUT2D eigenvalue weighted by Gasteiger charge is 2.25. The van der Waals surface area contributed by atoms with E-state index in [1.165, 1.54) is 21.6 Å². The fraction of sp³-hybridized carbons (Fsp3) is 0.286. The van der Waals surface area contributed by atoms with Crippen molar-refractivity contribution in [1.29, 1.82) is 0 Å². The first-order valence-electron chi connectivity index (χ1n) is 5.82. The average molecular weight is 245 g/mol. The molecule has 0 amide bonds. The topological polar surface area (TPSA) is 35.2 Å². The Morgan fingerprint density at radius 2 is 2.35 bits per heavy atom. The highest BCUT2D eigenvalue weighted by atomic mass is 32.1. The quantitative estimate of drug-likeness (QED) is 0.882. The molecule has 0 fully saturated rings. The Labute approximate surface area is 105 Å². The van der Waals surface area contributed by atoms with Gasteiger partial charge in [0.15, 0.2) is 0 Å². The van der Waals surface area contributed by atoms with Crippen molar-refractivity contribution in [3.8, 4) is 16.2 Å². The molecule has 0 saturated heterocycles. The number of fused-ring (bicyclic) bond motifs is 1. The molecule has 17 heavy (non-hydrogen) atoms. The van der Waals surface area contributed by atoms with Crippen LogP contribution in [-0.4, -0.2) is 12.6 Å². The van der Waals surface area contributed by atoms with E-state index < -0.39 is 0 Å². The van der Waals surface area contributed by atoms with Gasteiger partial charge in [0.25, 0.3) is 0 Å². The third kappa shape index (κ3) is 1.85. The van der Waals surface area contributed by atoms with E-state index in [0.717, 1.165) is 12.2 Å². The van der Waals surface area contributed by atoms with E-state index in [-0.39, 0.29) is 6.10 Å². The number of benzene rings is 1. The van der Waals surface area contributed by atoms with Gasteiger partial charge in [0.05, 0.1) is 0 Å². The lowest BCUT2D eigenvalue weighted by molar-refractivity contribution is 0.242. The summed E-state index contributed by atoms with van der Waals surface area (Å²) in [5.41, 5.74) is 9.49. The van der Waals surface area contributed by atoms with E-state index in [9.17, 15) is 0 Å². The lowest BCUT2D eigenvalue weighted by Crippen LogP contribution is -2.24. The maximum Gasteiger partial charge on any atom is 0.131 e. The molecule has 1 aliphatic rings. The highest BCUT2D eigenvalue weighted by Crippen LogP contribution is 2.41.